The summed E-state index contributed by atoms with van der Waals surface area (Å²) < 4.78 is 14.0. The van der Waals surface area contributed by atoms with E-state index in [1.165, 1.54) is 10.8 Å². The van der Waals surface area contributed by atoms with Crippen molar-refractivity contribution in [3.05, 3.63) is 152 Å². The van der Waals surface area contributed by atoms with E-state index in [1.807, 2.05) is 104 Å². The number of nitrogens with zero attached hydrogens (tertiary/aromatic N) is 1. The number of hydrogen-bond acceptors (Lipinski definition) is 6. The molecule has 1 saturated heterocycles. The van der Waals surface area contributed by atoms with Crippen molar-refractivity contribution in [3.63, 3.8) is 0 Å². The molecule has 1 amide bonds. The number of H-pyrrole nitrogens is 1. The van der Waals surface area contributed by atoms with Gasteiger partial charge in [-0.15, -0.1) is 0 Å². The number of nitrogens with one attached hydrogen (secondary N) is 2. The highest BCUT2D eigenvalue weighted by Gasteiger charge is 2.43. The molecule has 2 N–H and O–H groups in total. The molecular weight excluding hydrogens is 606 g/mol. The Hall–Kier alpha value is -5.54. The van der Waals surface area contributed by atoms with Crippen molar-refractivity contribution in [2.45, 2.75) is 50.0 Å². The number of carbonyl (C=O) groups excluding carboxylic acids is 2. The van der Waals surface area contributed by atoms with Crippen molar-refractivity contribution in [3.8, 4) is 22.3 Å². The molecule has 1 aromatic heterocycles. The second kappa shape index (κ2) is 11.9. The fraction of sp³-hybridized carbons (Fsp3) is 0.231. The molecule has 0 bridgehead atoms. The maximum absolute atomic E-state index is 14.1. The van der Waals surface area contributed by atoms with Gasteiger partial charge in [0.15, 0.2) is 0 Å². The summed E-state index contributed by atoms with van der Waals surface area (Å²) in [4.78, 5) is 55.6. The predicted molar refractivity (Wildman–Crippen MR) is 180 cm³/mol. The van der Waals surface area contributed by atoms with Gasteiger partial charge in [0.2, 0.25) is 5.91 Å². The highest BCUT2D eigenvalue weighted by molar-refractivity contribution is 5.96. The number of fused-ring (bicyclic) bond motifs is 6. The van der Waals surface area contributed by atoms with Crippen LogP contribution in [0.25, 0.3) is 22.3 Å². The topological polar surface area (TPSA) is 119 Å². The standard InChI is InChI=1S/C39H33N3O6/c1-2-22-21-42(39(46)41-36(22)43)33-19-31(48-38(45)35-29-17-9-5-13-25(29)26-14-6-10-18-30(26)35)32(47-33)20-40-37(44)34-27-15-7-3-11-23(27)24-12-4-8-16-28(24)34/h3-18,21,31-35H,2,19-20H2,1H3,(H,40,44)(H,41,43,46)/t31?,32-,33-/m0/s1. The van der Waals surface area contributed by atoms with E-state index in [1.54, 1.807) is 0 Å². The smallest absolute Gasteiger partial charge is 0.330 e. The van der Waals surface area contributed by atoms with Crippen molar-refractivity contribution in [2.75, 3.05) is 6.54 Å². The lowest BCUT2D eigenvalue weighted by Gasteiger charge is -2.23. The summed E-state index contributed by atoms with van der Waals surface area (Å²) in [5.41, 5.74) is 6.99. The molecular formula is C39H33N3O6. The lowest BCUT2D eigenvalue weighted by atomic mass is 9.96. The lowest BCUT2D eigenvalue weighted by molar-refractivity contribution is -0.152. The maximum atomic E-state index is 14.1. The van der Waals surface area contributed by atoms with Gasteiger partial charge in [0, 0.05) is 24.7 Å². The summed E-state index contributed by atoms with van der Waals surface area (Å²) in [7, 11) is 0. The fourth-order valence-electron chi connectivity index (χ4n) is 7.54. The van der Waals surface area contributed by atoms with Crippen LogP contribution in [-0.4, -0.2) is 40.2 Å². The lowest BCUT2D eigenvalue weighted by Crippen LogP contribution is -2.41. The second-order valence-electron chi connectivity index (χ2n) is 12.5. The van der Waals surface area contributed by atoms with E-state index in [-0.39, 0.29) is 18.9 Å². The normalized spacial score (nSPS) is 19.3. The minimum absolute atomic E-state index is 0.0463. The van der Waals surface area contributed by atoms with Crippen molar-refractivity contribution < 1.29 is 19.1 Å². The number of hydrogen-bond donors (Lipinski definition) is 2. The monoisotopic (exact) mass is 639 g/mol. The third-order valence-corrected chi connectivity index (χ3v) is 9.82. The van der Waals surface area contributed by atoms with E-state index in [2.05, 4.69) is 10.3 Å². The molecule has 1 fully saturated rings. The Morgan fingerprint density at radius 2 is 1.29 bits per heavy atom. The Balaban J connectivity index is 1.08. The Bertz CT molecular complexity index is 2110. The first-order valence-electron chi connectivity index (χ1n) is 16.3. The largest absolute Gasteiger partial charge is 0.459 e. The Morgan fingerprint density at radius 3 is 1.81 bits per heavy atom. The van der Waals surface area contributed by atoms with Gasteiger partial charge in [0.25, 0.3) is 5.56 Å². The number of aromatic amines is 1. The van der Waals surface area contributed by atoms with Crippen LogP contribution in [0.4, 0.5) is 0 Å². The number of aryl methyl sites for hydroxylation is 1. The first-order valence-corrected chi connectivity index (χ1v) is 16.3. The van der Waals surface area contributed by atoms with Crippen LogP contribution in [0.5, 0.6) is 0 Å². The van der Waals surface area contributed by atoms with Gasteiger partial charge in [0.1, 0.15) is 24.4 Å². The Morgan fingerprint density at radius 1 is 0.792 bits per heavy atom. The number of carbonyl (C=O) groups is 2. The van der Waals surface area contributed by atoms with Crippen molar-refractivity contribution in [1.29, 1.82) is 0 Å². The predicted octanol–water partition coefficient (Wildman–Crippen LogP) is 5.04. The first-order chi connectivity index (χ1) is 23.4. The van der Waals surface area contributed by atoms with Crippen LogP contribution < -0.4 is 16.6 Å². The third-order valence-electron chi connectivity index (χ3n) is 9.82. The van der Waals surface area contributed by atoms with E-state index in [4.69, 9.17) is 9.47 Å². The summed E-state index contributed by atoms with van der Waals surface area (Å²) in [6, 6.07) is 31.4. The van der Waals surface area contributed by atoms with E-state index in [9.17, 15) is 19.2 Å². The van der Waals surface area contributed by atoms with Crippen molar-refractivity contribution in [1.82, 2.24) is 14.9 Å². The molecule has 240 valence electrons. The Labute approximate surface area is 276 Å². The molecule has 4 aromatic carbocycles. The second-order valence-corrected chi connectivity index (χ2v) is 12.5. The third kappa shape index (κ3) is 4.89. The van der Waals surface area contributed by atoms with E-state index >= 15 is 0 Å². The summed E-state index contributed by atoms with van der Waals surface area (Å²) in [5.74, 6) is -1.76. The van der Waals surface area contributed by atoms with Gasteiger partial charge >= 0.3 is 11.7 Å². The molecule has 1 aliphatic heterocycles. The molecule has 2 heterocycles. The van der Waals surface area contributed by atoms with Crippen LogP contribution in [0.1, 0.15) is 59.2 Å². The SMILES string of the molecule is CCc1cn([C@@H]2CC(OC(=O)C3c4ccccc4-c4ccccc43)[C@H](CNC(=O)C3c4ccccc4-c4ccccc43)O2)c(=O)[nH]c1=O. The van der Waals surface area contributed by atoms with Crippen LogP contribution in [0, 0.1) is 0 Å². The molecule has 9 heteroatoms. The van der Waals surface area contributed by atoms with Gasteiger partial charge in [-0.3, -0.25) is 23.9 Å². The average Bonchev–Trinajstić information content (AvgIpc) is 3.77. The van der Waals surface area contributed by atoms with Crippen LogP contribution in [0.3, 0.4) is 0 Å². The van der Waals surface area contributed by atoms with Gasteiger partial charge < -0.3 is 14.8 Å². The van der Waals surface area contributed by atoms with Crippen molar-refractivity contribution >= 4 is 11.9 Å². The van der Waals surface area contributed by atoms with Gasteiger partial charge in [-0.1, -0.05) is 104 Å². The van der Waals surface area contributed by atoms with E-state index < -0.39 is 47.5 Å². The van der Waals surface area contributed by atoms with Crippen LogP contribution in [0.15, 0.2) is 113 Å². The number of esters is 1. The van der Waals surface area contributed by atoms with E-state index in [0.29, 0.717) is 12.0 Å². The molecule has 1 unspecified atom stereocenters. The quantitative estimate of drug-likeness (QED) is 0.241. The minimum atomic E-state index is -0.824. The van der Waals surface area contributed by atoms with Crippen LogP contribution in [0.2, 0.25) is 0 Å². The molecule has 3 atom stereocenters. The number of ether oxygens (including phenoxy) is 2. The summed E-state index contributed by atoms with van der Waals surface area (Å²) in [6.45, 7) is 1.87. The molecule has 0 saturated carbocycles. The molecule has 3 aliphatic rings. The molecule has 5 aromatic rings. The van der Waals surface area contributed by atoms with Gasteiger partial charge in [-0.2, -0.15) is 0 Å². The fourth-order valence-corrected chi connectivity index (χ4v) is 7.54. The maximum Gasteiger partial charge on any atom is 0.330 e. The Kier molecular flexibility index (Phi) is 7.41. The first kappa shape index (κ1) is 29.8. The van der Waals surface area contributed by atoms with Crippen molar-refractivity contribution in [2.24, 2.45) is 0 Å². The van der Waals surface area contributed by atoms with Crippen LogP contribution >= 0.6 is 0 Å². The zero-order valence-corrected chi connectivity index (χ0v) is 26.2. The van der Waals surface area contributed by atoms with Gasteiger partial charge in [-0.25, -0.2) is 4.79 Å². The number of rotatable bonds is 7. The van der Waals surface area contributed by atoms with Crippen LogP contribution in [-0.2, 0) is 25.5 Å². The molecule has 9 nitrogen and oxygen atoms in total. The van der Waals surface area contributed by atoms with Gasteiger partial charge in [0.05, 0.1) is 5.92 Å². The number of amides is 1. The molecule has 8 rings (SSSR count). The number of aromatic nitrogens is 2. The summed E-state index contributed by atoms with van der Waals surface area (Å²) in [5, 5.41) is 3.07. The highest BCUT2D eigenvalue weighted by Crippen LogP contribution is 2.46. The molecule has 2 aliphatic carbocycles. The van der Waals surface area contributed by atoms with E-state index in [0.717, 1.165) is 44.5 Å². The molecule has 48 heavy (non-hydrogen) atoms. The van der Waals surface area contributed by atoms with Gasteiger partial charge in [-0.05, 0) is 50.9 Å². The average molecular weight is 640 g/mol. The number of benzene rings is 4. The molecule has 0 radical (unpaired) electrons. The highest BCUT2D eigenvalue weighted by atomic mass is 16.6. The summed E-state index contributed by atoms with van der Waals surface area (Å²) >= 11 is 0. The zero-order chi connectivity index (χ0) is 32.9. The summed E-state index contributed by atoms with van der Waals surface area (Å²) in [6.07, 6.45) is -0.283. The molecule has 0 spiro atoms. The zero-order valence-electron chi connectivity index (χ0n) is 26.2. The minimum Gasteiger partial charge on any atom is -0.459 e.